The van der Waals surface area contributed by atoms with Crippen LogP contribution in [0.5, 0.6) is 0 Å². The lowest BCUT2D eigenvalue weighted by molar-refractivity contribution is -0.126. The lowest BCUT2D eigenvalue weighted by atomic mass is 9.88. The van der Waals surface area contributed by atoms with E-state index in [2.05, 4.69) is 24.6 Å². The maximum absolute atomic E-state index is 16.6. The van der Waals surface area contributed by atoms with Crippen molar-refractivity contribution in [2.75, 3.05) is 13.2 Å². The first kappa shape index (κ1) is 33.3. The van der Waals surface area contributed by atoms with E-state index in [1.54, 1.807) is 43.3 Å². The molecule has 0 radical (unpaired) electrons. The first-order valence-corrected chi connectivity index (χ1v) is 19.1. The minimum atomic E-state index is -2.30. The summed E-state index contributed by atoms with van der Waals surface area (Å²) < 4.78 is 30.8. The maximum atomic E-state index is 16.6. The predicted octanol–water partition coefficient (Wildman–Crippen LogP) is 7.45. The van der Waals surface area contributed by atoms with E-state index in [0.29, 0.717) is 34.1 Å². The van der Waals surface area contributed by atoms with Gasteiger partial charge >= 0.3 is 6.09 Å². The Morgan fingerprint density at radius 1 is 1.11 bits per heavy atom. The van der Waals surface area contributed by atoms with Crippen molar-refractivity contribution >= 4 is 43.4 Å². The molecule has 0 bridgehead atoms. The largest absolute Gasteiger partial charge is 0.450 e. The summed E-state index contributed by atoms with van der Waals surface area (Å²) in [6, 6.07) is 12.8. The zero-order valence-corrected chi connectivity index (χ0v) is 28.8. The van der Waals surface area contributed by atoms with E-state index in [9.17, 15) is 14.7 Å². The van der Waals surface area contributed by atoms with Crippen LogP contribution in [-0.2, 0) is 27.3 Å². The number of rotatable bonds is 10. The number of benzene rings is 2. The fourth-order valence-electron chi connectivity index (χ4n) is 6.13. The first-order valence-electron chi connectivity index (χ1n) is 14.9. The quantitative estimate of drug-likeness (QED) is 0.225. The van der Waals surface area contributed by atoms with Gasteiger partial charge in [0.25, 0.3) is 5.91 Å². The van der Waals surface area contributed by atoms with Crippen LogP contribution in [0.3, 0.4) is 0 Å². The molecule has 8 nitrogen and oxygen atoms in total. The maximum Gasteiger partial charge on any atom is 0.402 e. The summed E-state index contributed by atoms with van der Waals surface area (Å²) in [5.41, 5.74) is -2.59. The van der Waals surface area contributed by atoms with Crippen LogP contribution in [0, 0.1) is 5.82 Å². The highest BCUT2D eigenvalue weighted by Crippen LogP contribution is 2.52. The summed E-state index contributed by atoms with van der Waals surface area (Å²) >= 11 is 12.4. The number of nitrogens with zero attached hydrogens (tertiary/aromatic N) is 3. The van der Waals surface area contributed by atoms with E-state index in [0.717, 1.165) is 0 Å². The second-order valence-electron chi connectivity index (χ2n) is 13.2. The Kier molecular flexibility index (Phi) is 8.87. The van der Waals surface area contributed by atoms with Crippen molar-refractivity contribution in [1.29, 1.82) is 0 Å². The molecule has 1 atom stereocenters. The van der Waals surface area contributed by atoms with E-state index in [1.165, 1.54) is 37.1 Å². The molecule has 2 amide bonds. The zero-order chi connectivity index (χ0) is 32.9. The summed E-state index contributed by atoms with van der Waals surface area (Å²) in [7, 11) is -2.30. The molecule has 12 heteroatoms. The minimum absolute atomic E-state index is 0.00264. The molecule has 0 saturated heterocycles. The Labute approximate surface area is 274 Å². The summed E-state index contributed by atoms with van der Waals surface area (Å²) in [6.45, 7) is 11.2. The number of amides is 2. The second-order valence-corrected chi connectivity index (χ2v) is 18.8. The number of hydrogen-bond acceptors (Lipinski definition) is 6. The van der Waals surface area contributed by atoms with Gasteiger partial charge in [0.15, 0.2) is 14.0 Å². The average Bonchev–Trinajstić information content (AvgIpc) is 3.68. The number of carbonyl (C=O) groups is 2. The summed E-state index contributed by atoms with van der Waals surface area (Å²) in [4.78, 5) is 33.6. The van der Waals surface area contributed by atoms with Crippen LogP contribution < -0.4 is 0 Å². The predicted molar refractivity (Wildman–Crippen MR) is 173 cm³/mol. The molecule has 1 aliphatic heterocycles. The molecule has 1 unspecified atom stereocenters. The number of aromatic nitrogens is 1. The fourth-order valence-corrected chi connectivity index (χ4v) is 8.69. The number of carbonyl (C=O) groups excluding carboxylic acids is 2. The zero-order valence-electron chi connectivity index (χ0n) is 26.3. The summed E-state index contributed by atoms with van der Waals surface area (Å²) in [6.07, 6.45) is 2.38. The molecule has 1 fully saturated rings. The molecule has 2 heterocycles. The van der Waals surface area contributed by atoms with Crippen LogP contribution in [0.2, 0.25) is 29.7 Å². The van der Waals surface area contributed by atoms with Gasteiger partial charge in [-0.25, -0.2) is 9.18 Å². The van der Waals surface area contributed by atoms with Crippen LogP contribution in [0.15, 0.2) is 54.7 Å². The van der Waals surface area contributed by atoms with Crippen LogP contribution in [0.1, 0.15) is 66.4 Å². The third kappa shape index (κ3) is 6.23. The molecule has 2 aromatic carbocycles. The number of pyridine rings is 1. The summed E-state index contributed by atoms with van der Waals surface area (Å²) in [5.74, 6) is -1.21. The molecule has 1 N–H and O–H groups in total. The molecular formula is C33H38Cl2FN3O5Si. The van der Waals surface area contributed by atoms with Crippen LogP contribution in [-0.4, -0.2) is 58.5 Å². The molecule has 1 saturated carbocycles. The lowest BCUT2D eigenvalue weighted by Crippen LogP contribution is -2.59. The van der Waals surface area contributed by atoms with Gasteiger partial charge in [-0.3, -0.25) is 14.7 Å². The molecule has 45 heavy (non-hydrogen) atoms. The van der Waals surface area contributed by atoms with Crippen molar-refractivity contribution in [1.82, 2.24) is 14.4 Å². The monoisotopic (exact) mass is 673 g/mol. The number of hydrogen-bond donors (Lipinski definition) is 1. The molecule has 5 rings (SSSR count). The molecular weight excluding hydrogens is 636 g/mol. The fraction of sp³-hybridized carbons (Fsp3) is 0.424. The molecule has 240 valence electrons. The highest BCUT2D eigenvalue weighted by Gasteiger charge is 2.60. The third-order valence-corrected chi connectivity index (χ3v) is 10.8. The molecule has 1 aliphatic carbocycles. The summed E-state index contributed by atoms with van der Waals surface area (Å²) in [5, 5.41) is 11.7. The van der Waals surface area contributed by atoms with Crippen molar-refractivity contribution < 1.29 is 28.6 Å². The van der Waals surface area contributed by atoms with E-state index in [1.807, 2.05) is 4.57 Å². The highest BCUT2D eigenvalue weighted by atomic mass is 35.5. The normalized spacial score (nSPS) is 19.0. The van der Waals surface area contributed by atoms with E-state index < -0.39 is 42.9 Å². The third-order valence-electron chi connectivity index (χ3n) is 8.31. The molecule has 3 aromatic rings. The van der Waals surface area contributed by atoms with Gasteiger partial charge < -0.3 is 19.1 Å². The number of aliphatic hydroxyl groups is 1. The van der Waals surface area contributed by atoms with Crippen molar-refractivity contribution in [3.05, 3.63) is 98.5 Å². The topological polar surface area (TPSA) is 92.2 Å². The number of fused-ring (bicyclic) bond motifs is 1. The van der Waals surface area contributed by atoms with Gasteiger partial charge in [-0.2, -0.15) is 0 Å². The first-order chi connectivity index (χ1) is 21.0. The van der Waals surface area contributed by atoms with Crippen LogP contribution in [0.25, 0.3) is 0 Å². The van der Waals surface area contributed by atoms with Crippen molar-refractivity contribution in [2.45, 2.75) is 76.7 Å². The number of halogens is 3. The standard InChI is InChI=1S/C33H38Cl2FN3O5Si/c1-7-43-30(41)39(45(4,5)6)32(14-15-32)20-44-33(21-8-10-23(34)11-9-21)28-26(16-22(17-27(28)36)31(2,3)42)29(40)38(33)19-25-13-12-24(35)18-37-25/h8-13,16-18,42H,7,14-15,19-20H2,1-6H3. The van der Waals surface area contributed by atoms with E-state index in [-0.39, 0.29) is 36.4 Å². The SMILES string of the molecule is CCOC(=O)N(C1(COC2(c3ccc(Cl)cc3)c3c(F)cc(C(C)(C)O)cc3C(=O)N2Cc2ccc(Cl)cn2)CC1)[Si](C)(C)C. The van der Waals surface area contributed by atoms with Gasteiger partial charge in [0, 0.05) is 16.8 Å². The van der Waals surface area contributed by atoms with Gasteiger partial charge in [-0.05, 0) is 75.6 Å². The smallest absolute Gasteiger partial charge is 0.402 e. The van der Waals surface area contributed by atoms with E-state index in [4.69, 9.17) is 32.7 Å². The van der Waals surface area contributed by atoms with Gasteiger partial charge in [0.1, 0.15) is 5.82 Å². The number of ether oxygens (including phenoxy) is 2. The van der Waals surface area contributed by atoms with Crippen molar-refractivity contribution in [3.8, 4) is 0 Å². The molecule has 0 spiro atoms. The van der Waals surface area contributed by atoms with Gasteiger partial charge in [0.05, 0.1) is 52.7 Å². The second kappa shape index (κ2) is 12.0. The Morgan fingerprint density at radius 3 is 2.29 bits per heavy atom. The Morgan fingerprint density at radius 2 is 1.76 bits per heavy atom. The van der Waals surface area contributed by atoms with Gasteiger partial charge in [-0.1, -0.05) is 55.0 Å². The molecule has 1 aromatic heterocycles. The molecule has 2 aliphatic rings. The Hall–Kier alpha value is -3.02. The Balaban J connectivity index is 1.72. The van der Waals surface area contributed by atoms with Gasteiger partial charge in [0.2, 0.25) is 0 Å². The highest BCUT2D eigenvalue weighted by molar-refractivity contribution is 6.75. The average molecular weight is 675 g/mol. The minimum Gasteiger partial charge on any atom is -0.450 e. The lowest BCUT2D eigenvalue weighted by Gasteiger charge is -2.44. The Bertz CT molecular complexity index is 1600. The van der Waals surface area contributed by atoms with Crippen molar-refractivity contribution in [2.24, 2.45) is 0 Å². The van der Waals surface area contributed by atoms with Gasteiger partial charge in [-0.15, -0.1) is 0 Å². The van der Waals surface area contributed by atoms with Crippen LogP contribution >= 0.6 is 23.2 Å². The van der Waals surface area contributed by atoms with E-state index >= 15 is 4.39 Å². The van der Waals surface area contributed by atoms with Crippen LogP contribution in [0.4, 0.5) is 9.18 Å². The van der Waals surface area contributed by atoms with Crippen molar-refractivity contribution in [3.63, 3.8) is 0 Å².